The van der Waals surface area contributed by atoms with E-state index in [0.29, 0.717) is 41.7 Å². The van der Waals surface area contributed by atoms with E-state index in [4.69, 9.17) is 9.47 Å². The van der Waals surface area contributed by atoms with Crippen LogP contribution in [0.3, 0.4) is 0 Å². The Morgan fingerprint density at radius 3 is 2.37 bits per heavy atom. The number of amides is 2. The largest absolute Gasteiger partial charge is 0.494 e. The van der Waals surface area contributed by atoms with Gasteiger partial charge in [-0.15, -0.1) is 11.3 Å². The number of aromatic nitrogens is 1. The van der Waals surface area contributed by atoms with Crippen LogP contribution < -0.4 is 15.6 Å². The van der Waals surface area contributed by atoms with E-state index in [9.17, 15) is 24.0 Å². The van der Waals surface area contributed by atoms with Crippen molar-refractivity contribution < 1.29 is 28.7 Å². The molecule has 4 aromatic rings. The second-order valence-corrected chi connectivity index (χ2v) is 10.8. The minimum atomic E-state index is -0.514. The summed E-state index contributed by atoms with van der Waals surface area (Å²) in [5.74, 6) is -1.19. The van der Waals surface area contributed by atoms with Gasteiger partial charge in [-0.05, 0) is 18.9 Å². The molecule has 0 aliphatic carbocycles. The van der Waals surface area contributed by atoms with Crippen LogP contribution in [0.5, 0.6) is 5.75 Å². The molecule has 10 nitrogen and oxygen atoms in total. The number of hydrogen-bond donors (Lipinski definition) is 1. The SMILES string of the molecule is COc1c(C(=O)NC2CCN(C(=O)COC(C)=O)CC2)sc2c1c(=O)n(CC(=O)c1ccccc1)c1ccccc21. The lowest BCUT2D eigenvalue weighted by molar-refractivity contribution is -0.150. The summed E-state index contributed by atoms with van der Waals surface area (Å²) in [5.41, 5.74) is 0.686. The van der Waals surface area contributed by atoms with Gasteiger partial charge in [-0.1, -0.05) is 48.5 Å². The monoisotopic (exact) mass is 575 g/mol. The van der Waals surface area contributed by atoms with Crippen LogP contribution in [0.2, 0.25) is 0 Å². The molecule has 1 N–H and O–H groups in total. The first kappa shape index (κ1) is 28.0. The molecule has 1 saturated heterocycles. The predicted molar refractivity (Wildman–Crippen MR) is 155 cm³/mol. The molecule has 41 heavy (non-hydrogen) atoms. The Balaban J connectivity index is 1.42. The first-order valence-electron chi connectivity index (χ1n) is 13.2. The van der Waals surface area contributed by atoms with Crippen molar-refractivity contribution in [2.45, 2.75) is 32.4 Å². The summed E-state index contributed by atoms with van der Waals surface area (Å²) in [6, 6.07) is 15.9. The molecule has 0 atom stereocenters. The smallest absolute Gasteiger partial charge is 0.303 e. The van der Waals surface area contributed by atoms with Crippen molar-refractivity contribution in [3.05, 3.63) is 75.4 Å². The number of fused-ring (bicyclic) bond motifs is 3. The summed E-state index contributed by atoms with van der Waals surface area (Å²) >= 11 is 1.18. The zero-order chi connectivity index (χ0) is 29.1. The minimum absolute atomic E-state index is 0.158. The number of benzene rings is 2. The number of carbonyl (C=O) groups excluding carboxylic acids is 4. The van der Waals surface area contributed by atoms with Gasteiger partial charge >= 0.3 is 5.97 Å². The maximum atomic E-state index is 13.8. The fourth-order valence-electron chi connectivity index (χ4n) is 5.08. The van der Waals surface area contributed by atoms with Crippen LogP contribution in [-0.2, 0) is 20.9 Å². The second kappa shape index (κ2) is 11.9. The van der Waals surface area contributed by atoms with Gasteiger partial charge in [0.2, 0.25) is 0 Å². The van der Waals surface area contributed by atoms with Crippen molar-refractivity contribution in [2.24, 2.45) is 0 Å². The van der Waals surface area contributed by atoms with Crippen molar-refractivity contribution in [1.82, 2.24) is 14.8 Å². The highest BCUT2D eigenvalue weighted by Crippen LogP contribution is 2.39. The lowest BCUT2D eigenvalue weighted by Gasteiger charge is -2.32. The molecule has 0 spiro atoms. The van der Waals surface area contributed by atoms with Crippen LogP contribution in [0.1, 0.15) is 39.8 Å². The van der Waals surface area contributed by atoms with Gasteiger partial charge in [0.25, 0.3) is 17.4 Å². The fraction of sp³-hybridized carbons (Fsp3) is 0.300. The summed E-state index contributed by atoms with van der Waals surface area (Å²) in [5, 5.41) is 4.02. The standard InChI is InChI=1S/C30H29N3O7S/c1-18(34)40-17-24(36)32-14-12-20(13-15-32)31-29(37)28-26(39-2)25-27(41-28)21-10-6-7-11-22(21)33(30(25)38)16-23(35)19-8-4-3-5-9-19/h3-11,20H,12-17H2,1-2H3,(H,31,37). The number of hydrogen-bond acceptors (Lipinski definition) is 8. The maximum Gasteiger partial charge on any atom is 0.303 e. The number of nitrogens with one attached hydrogen (secondary N) is 1. The van der Waals surface area contributed by atoms with Gasteiger partial charge in [-0.25, -0.2) is 0 Å². The third kappa shape index (κ3) is 5.71. The number of piperidine rings is 1. The average Bonchev–Trinajstić information content (AvgIpc) is 3.39. The van der Waals surface area contributed by atoms with Gasteiger partial charge in [-0.3, -0.25) is 28.5 Å². The lowest BCUT2D eigenvalue weighted by Crippen LogP contribution is -2.47. The first-order valence-corrected chi connectivity index (χ1v) is 14.0. The number of ketones is 1. The number of ether oxygens (including phenoxy) is 2. The minimum Gasteiger partial charge on any atom is -0.494 e. The van der Waals surface area contributed by atoms with E-state index in [1.165, 1.54) is 29.9 Å². The molecular formula is C30H29N3O7S. The van der Waals surface area contributed by atoms with Gasteiger partial charge in [0.05, 0.1) is 23.9 Å². The topological polar surface area (TPSA) is 124 Å². The number of Topliss-reactive ketones (excluding diaryl/α,β-unsaturated/α-hetero) is 1. The molecule has 11 heteroatoms. The number of pyridine rings is 1. The molecule has 2 aromatic carbocycles. The number of nitrogens with zero attached hydrogens (tertiary/aromatic N) is 2. The van der Waals surface area contributed by atoms with Gasteiger partial charge in [0.15, 0.2) is 18.1 Å². The molecule has 5 rings (SSSR count). The molecule has 3 heterocycles. The Labute approximate surface area is 239 Å². The highest BCUT2D eigenvalue weighted by molar-refractivity contribution is 7.22. The first-order chi connectivity index (χ1) is 19.8. The predicted octanol–water partition coefficient (Wildman–Crippen LogP) is 3.39. The van der Waals surface area contributed by atoms with Crippen LogP contribution in [0.25, 0.3) is 21.0 Å². The van der Waals surface area contributed by atoms with E-state index in [-0.39, 0.29) is 52.8 Å². The summed E-state index contributed by atoms with van der Waals surface area (Å²) in [6.45, 7) is 1.63. The fourth-order valence-corrected chi connectivity index (χ4v) is 6.28. The zero-order valence-corrected chi connectivity index (χ0v) is 23.5. The van der Waals surface area contributed by atoms with E-state index in [2.05, 4.69) is 5.32 Å². The number of esters is 1. The van der Waals surface area contributed by atoms with Crippen LogP contribution in [0.15, 0.2) is 59.4 Å². The van der Waals surface area contributed by atoms with Crippen LogP contribution in [0.4, 0.5) is 0 Å². The molecule has 1 aliphatic rings. The number of methoxy groups -OCH3 is 1. The molecule has 2 amide bonds. The second-order valence-electron chi connectivity index (χ2n) is 9.77. The average molecular weight is 576 g/mol. The summed E-state index contributed by atoms with van der Waals surface area (Å²) in [7, 11) is 1.42. The quantitative estimate of drug-likeness (QED) is 0.252. The van der Waals surface area contributed by atoms with Crippen molar-refractivity contribution in [3.8, 4) is 5.75 Å². The van der Waals surface area contributed by atoms with Gasteiger partial charge in [0, 0.05) is 37.0 Å². The van der Waals surface area contributed by atoms with Crippen LogP contribution in [0, 0.1) is 0 Å². The lowest BCUT2D eigenvalue weighted by atomic mass is 10.0. The Morgan fingerprint density at radius 1 is 1.00 bits per heavy atom. The number of likely N-dealkylation sites (tertiary alicyclic amines) is 1. The molecule has 1 fully saturated rings. The van der Waals surface area contributed by atoms with Gasteiger partial charge in [0.1, 0.15) is 10.3 Å². The Morgan fingerprint density at radius 2 is 1.68 bits per heavy atom. The third-order valence-electron chi connectivity index (χ3n) is 7.15. The maximum absolute atomic E-state index is 13.8. The molecule has 1 aliphatic heterocycles. The number of para-hydroxylation sites is 1. The number of carbonyl (C=O) groups is 4. The third-order valence-corrected chi connectivity index (χ3v) is 8.36. The number of thiophene rings is 1. The van der Waals surface area contributed by atoms with Crippen molar-refractivity contribution in [2.75, 3.05) is 26.8 Å². The summed E-state index contributed by atoms with van der Waals surface area (Å²) in [4.78, 5) is 65.5. The molecule has 0 bridgehead atoms. The zero-order valence-electron chi connectivity index (χ0n) is 22.7. The Hall–Kier alpha value is -4.51. The van der Waals surface area contributed by atoms with Gasteiger partial charge < -0.3 is 19.7 Å². The van der Waals surface area contributed by atoms with Crippen LogP contribution in [-0.4, -0.2) is 65.9 Å². The molecule has 2 aromatic heterocycles. The van der Waals surface area contributed by atoms with E-state index >= 15 is 0 Å². The summed E-state index contributed by atoms with van der Waals surface area (Å²) < 4.78 is 12.5. The van der Waals surface area contributed by atoms with E-state index in [1.54, 1.807) is 41.3 Å². The summed E-state index contributed by atoms with van der Waals surface area (Å²) in [6.07, 6.45) is 1.06. The number of rotatable bonds is 8. The molecular weight excluding hydrogens is 546 g/mol. The van der Waals surface area contributed by atoms with Crippen molar-refractivity contribution in [3.63, 3.8) is 0 Å². The van der Waals surface area contributed by atoms with E-state index in [1.807, 2.05) is 18.2 Å². The van der Waals surface area contributed by atoms with Crippen molar-refractivity contribution >= 4 is 55.9 Å². The van der Waals surface area contributed by atoms with E-state index in [0.717, 1.165) is 5.39 Å². The highest BCUT2D eigenvalue weighted by Gasteiger charge is 2.29. The van der Waals surface area contributed by atoms with Crippen molar-refractivity contribution in [1.29, 1.82) is 0 Å². The molecule has 0 radical (unpaired) electrons. The highest BCUT2D eigenvalue weighted by atomic mass is 32.1. The van der Waals surface area contributed by atoms with E-state index < -0.39 is 11.5 Å². The molecule has 0 unspecified atom stereocenters. The molecule has 212 valence electrons. The normalized spacial score (nSPS) is 13.8. The Bertz CT molecular complexity index is 1700. The van der Waals surface area contributed by atoms with Crippen LogP contribution >= 0.6 is 11.3 Å². The molecule has 0 saturated carbocycles. The Kier molecular flexibility index (Phi) is 8.16. The van der Waals surface area contributed by atoms with Gasteiger partial charge in [-0.2, -0.15) is 0 Å².